The van der Waals surface area contributed by atoms with Crippen LogP contribution in [0.2, 0.25) is 0 Å². The summed E-state index contributed by atoms with van der Waals surface area (Å²) in [5, 5.41) is 41.1. The number of benzene rings is 1. The minimum Gasteiger partial charge on any atom is -0.507 e. The molecule has 2 aromatic rings. The van der Waals surface area contributed by atoms with E-state index in [9.17, 15) is 30.0 Å². The van der Waals surface area contributed by atoms with Crippen molar-refractivity contribution < 1.29 is 29.6 Å². The van der Waals surface area contributed by atoms with Crippen LogP contribution in [0.4, 0.5) is 0 Å². The molecule has 1 aliphatic heterocycles. The zero-order valence-corrected chi connectivity index (χ0v) is 15.3. The van der Waals surface area contributed by atoms with Gasteiger partial charge in [0.15, 0.2) is 5.43 Å². The Bertz CT molecular complexity index is 970. The van der Waals surface area contributed by atoms with Gasteiger partial charge in [0.2, 0.25) is 0 Å². The number of rotatable bonds is 4. The van der Waals surface area contributed by atoms with E-state index in [1.807, 2.05) is 11.9 Å². The number of likely N-dealkylation sites (N-methyl/N-ethyl adjacent to an activating group) is 1. The molecule has 3 atom stereocenters. The van der Waals surface area contributed by atoms with Gasteiger partial charge in [-0.05, 0) is 20.0 Å². The van der Waals surface area contributed by atoms with Crippen molar-refractivity contribution in [3.8, 4) is 11.5 Å². The molecule has 0 radical (unpaired) electrons. The lowest BCUT2D eigenvalue weighted by molar-refractivity contribution is -0.137. The van der Waals surface area contributed by atoms with Gasteiger partial charge in [-0.25, -0.2) is 0 Å². The van der Waals surface area contributed by atoms with Gasteiger partial charge >= 0.3 is 5.97 Å². The van der Waals surface area contributed by atoms with Crippen LogP contribution in [-0.4, -0.2) is 62.9 Å². The molecule has 27 heavy (non-hydrogen) atoms. The van der Waals surface area contributed by atoms with Crippen molar-refractivity contribution in [1.82, 2.24) is 4.90 Å². The van der Waals surface area contributed by atoms with E-state index in [1.54, 1.807) is 0 Å². The lowest BCUT2D eigenvalue weighted by atomic mass is 9.85. The highest BCUT2D eigenvalue weighted by atomic mass is 32.1. The predicted octanol–water partition coefficient (Wildman–Crippen LogP) is 1.15. The molecule has 0 spiro atoms. The number of fused-ring (bicyclic) bond motifs is 1. The predicted molar refractivity (Wildman–Crippen MR) is 101 cm³/mol. The number of nitrogens with zero attached hydrogens (tertiary/aromatic N) is 1. The van der Waals surface area contributed by atoms with E-state index in [-0.39, 0.29) is 28.0 Å². The third-order valence-electron chi connectivity index (χ3n) is 4.88. The Morgan fingerprint density at radius 3 is 2.67 bits per heavy atom. The lowest BCUT2D eigenvalue weighted by Crippen LogP contribution is -2.40. The summed E-state index contributed by atoms with van der Waals surface area (Å²) in [7, 11) is 1.85. The first-order valence-electron chi connectivity index (χ1n) is 8.31. The van der Waals surface area contributed by atoms with E-state index >= 15 is 0 Å². The smallest absolute Gasteiger partial charge is 0.319 e. The Hall–Kier alpha value is -2.49. The Labute approximate surface area is 159 Å². The van der Waals surface area contributed by atoms with Crippen LogP contribution in [0, 0.1) is 0 Å². The normalized spacial score (nSPS) is 21.9. The number of carbonyl (C=O) groups is 1. The number of hydrogen-bond acceptors (Lipinski definition) is 8. The molecule has 0 amide bonds. The number of thiocarbonyl (C=S) groups is 1. The molecule has 1 fully saturated rings. The second-order valence-corrected chi connectivity index (χ2v) is 6.99. The van der Waals surface area contributed by atoms with Crippen molar-refractivity contribution in [2.24, 2.45) is 0 Å². The molecule has 2 heterocycles. The number of aliphatic hydroxyl groups excluding tert-OH is 1. The maximum atomic E-state index is 12.5. The van der Waals surface area contributed by atoms with Crippen LogP contribution in [0.1, 0.15) is 29.6 Å². The quantitative estimate of drug-likeness (QED) is 0.565. The summed E-state index contributed by atoms with van der Waals surface area (Å²) in [5.74, 6) is -4.19. The van der Waals surface area contributed by atoms with Gasteiger partial charge in [-0.3, -0.25) is 9.59 Å². The van der Waals surface area contributed by atoms with Gasteiger partial charge in [0.1, 0.15) is 34.1 Å². The molecule has 8 nitrogen and oxygen atoms in total. The summed E-state index contributed by atoms with van der Waals surface area (Å²) in [6, 6.07) is 2.00. The van der Waals surface area contributed by atoms with Crippen LogP contribution in [0.5, 0.6) is 11.5 Å². The highest BCUT2D eigenvalue weighted by Crippen LogP contribution is 2.42. The van der Waals surface area contributed by atoms with E-state index < -0.39 is 35.1 Å². The van der Waals surface area contributed by atoms with Gasteiger partial charge in [0.25, 0.3) is 0 Å². The number of carboxylic acid groups (broad SMARTS) is 1. The molecule has 1 aliphatic rings. The molecule has 3 rings (SSSR count). The molecule has 144 valence electrons. The number of phenols is 2. The summed E-state index contributed by atoms with van der Waals surface area (Å²) in [6.45, 7) is 0.999. The SMILES string of the molecule is CN1CCC(c2c(O)cc(O)c3c(=O)cc(C(C=S)C(=O)O)oc23)C(O)C1. The van der Waals surface area contributed by atoms with Gasteiger partial charge in [0.05, 0.1) is 6.10 Å². The van der Waals surface area contributed by atoms with Crippen molar-refractivity contribution in [3.63, 3.8) is 0 Å². The Kier molecular flexibility index (Phi) is 5.18. The topological polar surface area (TPSA) is 131 Å². The van der Waals surface area contributed by atoms with E-state index in [1.165, 1.54) is 0 Å². The summed E-state index contributed by atoms with van der Waals surface area (Å²) in [4.78, 5) is 25.8. The molecular weight excluding hydrogens is 374 g/mol. The molecule has 3 unspecified atom stereocenters. The molecule has 0 saturated carbocycles. The number of aliphatic carboxylic acids is 1. The summed E-state index contributed by atoms with van der Waals surface area (Å²) < 4.78 is 5.65. The van der Waals surface area contributed by atoms with E-state index in [0.29, 0.717) is 19.5 Å². The first kappa shape index (κ1) is 19.3. The Morgan fingerprint density at radius 2 is 2.07 bits per heavy atom. The molecule has 1 saturated heterocycles. The molecule has 0 aliphatic carbocycles. The summed E-state index contributed by atoms with van der Waals surface area (Å²) in [5.41, 5.74) is -0.613. The maximum Gasteiger partial charge on any atom is 0.319 e. The highest BCUT2D eigenvalue weighted by molar-refractivity contribution is 7.79. The molecule has 4 N–H and O–H groups in total. The molecule has 9 heteroatoms. The van der Waals surface area contributed by atoms with Crippen molar-refractivity contribution in [2.45, 2.75) is 24.4 Å². The fourth-order valence-electron chi connectivity index (χ4n) is 3.52. The van der Waals surface area contributed by atoms with Crippen LogP contribution in [0.3, 0.4) is 0 Å². The van der Waals surface area contributed by atoms with Gasteiger partial charge in [-0.2, -0.15) is 0 Å². The number of likely N-dealkylation sites (tertiary alicyclic amines) is 1. The minimum atomic E-state index is -1.34. The number of carboxylic acids is 1. The first-order chi connectivity index (χ1) is 12.7. The molecule has 0 bridgehead atoms. The monoisotopic (exact) mass is 393 g/mol. The van der Waals surface area contributed by atoms with Crippen LogP contribution >= 0.6 is 12.2 Å². The number of hydrogen-bond donors (Lipinski definition) is 4. The molecule has 1 aromatic heterocycles. The van der Waals surface area contributed by atoms with Crippen LogP contribution in [0.15, 0.2) is 21.3 Å². The van der Waals surface area contributed by atoms with Crippen molar-refractivity contribution in [2.75, 3.05) is 20.1 Å². The van der Waals surface area contributed by atoms with Crippen molar-refractivity contribution >= 4 is 34.5 Å². The Morgan fingerprint density at radius 1 is 1.37 bits per heavy atom. The first-order valence-corrected chi connectivity index (χ1v) is 8.79. The van der Waals surface area contributed by atoms with E-state index in [2.05, 4.69) is 0 Å². The fourth-order valence-corrected chi connectivity index (χ4v) is 3.78. The molecular formula is C18H19NO7S. The average Bonchev–Trinajstić information content (AvgIpc) is 2.56. The van der Waals surface area contributed by atoms with E-state index in [0.717, 1.165) is 17.5 Å². The van der Waals surface area contributed by atoms with Crippen LogP contribution in [-0.2, 0) is 4.79 Å². The lowest BCUT2D eigenvalue weighted by Gasteiger charge is -2.34. The second kappa shape index (κ2) is 7.26. The third kappa shape index (κ3) is 3.41. The number of β-amino-alcohol motifs (C(OH)–C–C–N with tert-alkyl or cyclic N) is 1. The number of piperidine rings is 1. The zero-order valence-electron chi connectivity index (χ0n) is 14.5. The summed E-state index contributed by atoms with van der Waals surface area (Å²) >= 11 is 4.73. The summed E-state index contributed by atoms with van der Waals surface area (Å²) in [6.07, 6.45) is -0.355. The van der Waals surface area contributed by atoms with Gasteiger partial charge in [0, 0.05) is 35.5 Å². The highest BCUT2D eigenvalue weighted by Gasteiger charge is 2.33. The van der Waals surface area contributed by atoms with Crippen LogP contribution < -0.4 is 5.43 Å². The minimum absolute atomic E-state index is 0.133. The van der Waals surface area contributed by atoms with Crippen LogP contribution in [0.25, 0.3) is 11.0 Å². The van der Waals surface area contributed by atoms with Gasteiger partial charge in [-0.1, -0.05) is 12.2 Å². The van der Waals surface area contributed by atoms with Crippen molar-refractivity contribution in [3.05, 3.63) is 33.7 Å². The number of phenolic OH excluding ortho intramolecular Hbond substituents is 2. The fraction of sp³-hybridized carbons (Fsp3) is 0.389. The number of aromatic hydroxyl groups is 2. The second-order valence-electron chi connectivity index (χ2n) is 6.72. The van der Waals surface area contributed by atoms with E-state index in [4.69, 9.17) is 16.6 Å². The number of aliphatic hydroxyl groups is 1. The maximum absolute atomic E-state index is 12.5. The Balaban J connectivity index is 2.30. The average molecular weight is 393 g/mol. The largest absolute Gasteiger partial charge is 0.507 e. The standard InChI is InChI=1S/C18H19NO7S/c1-19-3-2-8(13(23)6-19)15-10(20)4-11(21)16-12(22)5-14(26-17(15)16)9(7-27)18(24)25/h4-5,7-9,13,20-21,23H,2-3,6H2,1H3,(H,24,25). The van der Waals surface area contributed by atoms with Crippen molar-refractivity contribution in [1.29, 1.82) is 0 Å². The zero-order chi connectivity index (χ0) is 19.9. The van der Waals surface area contributed by atoms with Gasteiger partial charge in [-0.15, -0.1) is 0 Å². The molecule has 1 aromatic carbocycles. The third-order valence-corrected chi connectivity index (χ3v) is 5.15. The van der Waals surface area contributed by atoms with Gasteiger partial charge < -0.3 is 29.7 Å².